The maximum Gasteiger partial charge on any atom is 0.263 e. The maximum absolute atomic E-state index is 2.38. The summed E-state index contributed by atoms with van der Waals surface area (Å²) < 4.78 is 7.22. The number of hydrogen-bond acceptors (Lipinski definition) is 6. The molecular formula is C46H54I4N6S2. The molecule has 0 aliphatic carbocycles. The van der Waals surface area contributed by atoms with E-state index in [2.05, 4.69) is 205 Å². The Morgan fingerprint density at radius 1 is 0.534 bits per heavy atom. The number of thiazole rings is 2. The van der Waals surface area contributed by atoms with Crippen LogP contribution in [0.3, 0.4) is 0 Å². The number of benzene rings is 4. The molecule has 0 N–H and O–H groups in total. The van der Waals surface area contributed by atoms with Gasteiger partial charge in [-0.3, -0.25) is 0 Å². The molecule has 0 spiro atoms. The lowest BCUT2D eigenvalue weighted by Gasteiger charge is -2.28. The van der Waals surface area contributed by atoms with E-state index in [-0.39, 0.29) is 95.9 Å². The number of rotatable bonds is 10. The zero-order chi connectivity index (χ0) is 37.6. The normalized spacial score (nSPS) is 14.1. The summed E-state index contributed by atoms with van der Waals surface area (Å²) >= 11 is 3.69. The molecule has 6 aromatic rings. The molecule has 2 aromatic heterocycles. The van der Waals surface area contributed by atoms with E-state index >= 15 is 0 Å². The Morgan fingerprint density at radius 2 is 0.897 bits per heavy atom. The Hall–Kier alpha value is -1.94. The van der Waals surface area contributed by atoms with Crippen LogP contribution >= 0.6 is 70.6 Å². The van der Waals surface area contributed by atoms with Gasteiger partial charge in [0.25, 0.3) is 10.0 Å². The van der Waals surface area contributed by atoms with Crippen molar-refractivity contribution < 1.29 is 57.1 Å². The highest BCUT2D eigenvalue weighted by atomic mass is 127. The van der Waals surface area contributed by atoms with Crippen molar-refractivity contribution in [1.82, 2.24) is 9.80 Å². The number of hydrogen-bond donors (Lipinski definition) is 0. The molecule has 0 unspecified atom stereocenters. The highest BCUT2D eigenvalue weighted by molar-refractivity contribution is 14.0. The van der Waals surface area contributed by atoms with E-state index in [0.717, 1.165) is 39.0 Å². The average Bonchev–Trinajstić information content (AvgIpc) is 3.67. The van der Waals surface area contributed by atoms with E-state index in [1.165, 1.54) is 64.1 Å². The quantitative estimate of drug-likeness (QED) is 0.151. The summed E-state index contributed by atoms with van der Waals surface area (Å²) in [6.45, 7) is 4.28. The molecule has 0 bridgehead atoms. The van der Waals surface area contributed by atoms with Crippen molar-refractivity contribution in [3.05, 3.63) is 143 Å². The highest BCUT2D eigenvalue weighted by Gasteiger charge is 2.21. The number of para-hydroxylation sites is 4. The van der Waals surface area contributed by atoms with Crippen molar-refractivity contribution in [3.8, 4) is 0 Å². The number of nitrogens with zero attached hydrogens (tertiary/aromatic N) is 6. The van der Waals surface area contributed by atoms with Gasteiger partial charge in [0.15, 0.2) is 0 Å². The first-order chi connectivity index (χ1) is 26.3. The summed E-state index contributed by atoms with van der Waals surface area (Å²) in [5, 5.41) is 2.54. The second-order valence-electron chi connectivity index (χ2n) is 14.5. The summed E-state index contributed by atoms with van der Waals surface area (Å²) in [6, 6.07) is 34.6. The summed E-state index contributed by atoms with van der Waals surface area (Å²) in [5.74, 6) is 0. The van der Waals surface area contributed by atoms with E-state index in [1.807, 2.05) is 22.7 Å². The molecule has 308 valence electrons. The van der Waals surface area contributed by atoms with Crippen LogP contribution in [0.4, 0.5) is 11.4 Å². The van der Waals surface area contributed by atoms with E-state index in [9.17, 15) is 0 Å². The number of aryl methyl sites for hydroxylation is 2. The maximum atomic E-state index is 2.38. The topological polar surface area (TPSA) is 20.7 Å². The van der Waals surface area contributed by atoms with Gasteiger partial charge in [0.05, 0.1) is 0 Å². The largest absolute Gasteiger partial charge is 1.00 e. The van der Waals surface area contributed by atoms with Crippen LogP contribution in [0, 0.1) is 0 Å². The standard InChI is InChI=1S/2C23H26N3S.4HI/c2*1-24(2)14-8-15-26-16-13-18(19-9-4-5-10-20(19)26)17-23-25(3)21-11-6-7-12-22(21)27-23;;;;/h2*4-7,9-13,16-17H,8,14-15H2,1-3H3;4*1H/q2*+1;;;;/p-2. The average molecular weight is 1260 g/mol. The van der Waals surface area contributed by atoms with Crippen molar-refractivity contribution in [1.29, 1.82) is 0 Å². The summed E-state index contributed by atoms with van der Waals surface area (Å²) in [7, 11) is 12.8. The van der Waals surface area contributed by atoms with Crippen LogP contribution in [0.15, 0.2) is 122 Å². The van der Waals surface area contributed by atoms with E-state index in [1.54, 1.807) is 0 Å². The first-order valence-corrected chi connectivity index (χ1v) is 20.5. The van der Waals surface area contributed by atoms with Crippen molar-refractivity contribution in [3.63, 3.8) is 0 Å². The third-order valence-electron chi connectivity index (χ3n) is 10.0. The van der Waals surface area contributed by atoms with Crippen LogP contribution in [0.2, 0.25) is 0 Å². The zero-order valence-corrected chi connectivity index (χ0v) is 44.6. The fourth-order valence-electron chi connectivity index (χ4n) is 7.13. The Morgan fingerprint density at radius 3 is 1.28 bits per heavy atom. The molecular weight excluding hydrogens is 1210 g/mol. The summed E-state index contributed by atoms with van der Waals surface area (Å²) in [4.78, 5) is 9.24. The predicted molar refractivity (Wildman–Crippen MR) is 265 cm³/mol. The molecule has 6 nitrogen and oxygen atoms in total. The first-order valence-electron chi connectivity index (χ1n) is 18.8. The molecule has 0 radical (unpaired) electrons. The number of fused-ring (bicyclic) bond motifs is 4. The van der Waals surface area contributed by atoms with Gasteiger partial charge in [-0.1, -0.05) is 83.3 Å². The van der Waals surface area contributed by atoms with Gasteiger partial charge in [0.2, 0.25) is 11.0 Å². The molecule has 2 aliphatic rings. The summed E-state index contributed by atoms with van der Waals surface area (Å²) in [5.41, 5.74) is 10.3. The van der Waals surface area contributed by atoms with Crippen molar-refractivity contribution in [2.24, 2.45) is 14.1 Å². The molecule has 4 heterocycles. The van der Waals surface area contributed by atoms with Crippen LogP contribution in [-0.4, -0.2) is 64.2 Å². The first kappa shape index (κ1) is 50.4. The van der Waals surface area contributed by atoms with Crippen LogP contribution in [0.1, 0.15) is 34.0 Å². The number of halogens is 4. The van der Waals surface area contributed by atoms with Gasteiger partial charge >= 0.3 is 0 Å². The molecule has 0 amide bonds. The van der Waals surface area contributed by atoms with Crippen molar-refractivity contribution in [2.75, 3.05) is 64.2 Å². The lowest BCUT2D eigenvalue weighted by molar-refractivity contribution is -0.642. The number of aromatic nitrogens is 2. The van der Waals surface area contributed by atoms with Gasteiger partial charge in [0, 0.05) is 72.3 Å². The Balaban J connectivity index is 0.000000290. The molecule has 2 aliphatic heterocycles. The van der Waals surface area contributed by atoms with E-state index < -0.39 is 0 Å². The lowest BCUT2D eigenvalue weighted by Crippen LogP contribution is -3.00. The van der Waals surface area contributed by atoms with Crippen LogP contribution in [0.5, 0.6) is 0 Å². The van der Waals surface area contributed by atoms with Gasteiger partial charge in [0.1, 0.15) is 23.5 Å². The number of anilines is 2. The van der Waals surface area contributed by atoms with Crippen molar-refractivity contribution in [2.45, 2.75) is 12.8 Å². The third-order valence-corrected chi connectivity index (χ3v) is 12.4. The minimum Gasteiger partial charge on any atom is -1.00 e. The fourth-order valence-corrected chi connectivity index (χ4v) is 9.34. The molecule has 58 heavy (non-hydrogen) atoms. The highest BCUT2D eigenvalue weighted by Crippen LogP contribution is 2.36. The Bertz CT molecular complexity index is 2210. The fraction of sp³-hybridized carbons (Fsp3) is 0.261. The van der Waals surface area contributed by atoms with Crippen LogP contribution < -0.4 is 66.9 Å². The number of allylic oxidation sites excluding steroid dienone is 4. The molecule has 0 saturated heterocycles. The zero-order valence-electron chi connectivity index (χ0n) is 34.0. The van der Waals surface area contributed by atoms with Crippen molar-refractivity contribution >= 4 is 126 Å². The molecule has 8 rings (SSSR count). The summed E-state index contributed by atoms with van der Waals surface area (Å²) in [6.07, 6.45) is 15.9. The molecule has 4 aromatic carbocycles. The van der Waals surface area contributed by atoms with Gasteiger partial charge in [-0.2, -0.15) is 9.13 Å². The lowest BCUT2D eigenvalue weighted by atomic mass is 9.99. The van der Waals surface area contributed by atoms with Crippen LogP contribution in [0.25, 0.3) is 43.7 Å². The van der Waals surface area contributed by atoms with Crippen LogP contribution in [-0.2, 0) is 14.1 Å². The smallest absolute Gasteiger partial charge is 0.263 e. The van der Waals surface area contributed by atoms with Gasteiger partial charge < -0.3 is 67.6 Å². The molecule has 0 atom stereocenters. The van der Waals surface area contributed by atoms with Gasteiger partial charge in [-0.05, 0) is 102 Å². The van der Waals surface area contributed by atoms with E-state index in [0.29, 0.717) is 0 Å². The predicted octanol–water partition coefficient (Wildman–Crippen LogP) is 4.35. The Labute approximate surface area is 421 Å². The minimum atomic E-state index is 0. The van der Waals surface area contributed by atoms with Gasteiger partial charge in [-0.25, -0.2) is 0 Å². The molecule has 0 saturated carbocycles. The SMILES string of the molecule is CN(C)CCCN1C=CC(=Cc2sc3ccccc3[n+]2C)c2ccccc21.CN(C)CCCN1C=CC(=Cc2sc3ccccc3[n+]2C)c2ccccc21.I.I.[I-].[I-]. The Kier molecular flexibility index (Phi) is 20.8. The molecule has 12 heteroatoms. The third kappa shape index (κ3) is 12.1. The van der Waals surface area contributed by atoms with Gasteiger partial charge in [-0.15, -0.1) is 48.0 Å². The second kappa shape index (κ2) is 23.9. The monoisotopic (exact) mass is 1260 g/mol. The molecule has 0 fully saturated rings. The second-order valence-corrected chi connectivity index (χ2v) is 16.6. The van der Waals surface area contributed by atoms with E-state index in [4.69, 9.17) is 0 Å². The minimum absolute atomic E-state index is 0.